The molecule has 0 saturated heterocycles. The minimum atomic E-state index is -0.356. The first-order valence-electron chi connectivity index (χ1n) is 8.80. The third-order valence-corrected chi connectivity index (χ3v) is 5.63. The van der Waals surface area contributed by atoms with E-state index < -0.39 is 0 Å². The van der Waals surface area contributed by atoms with Crippen molar-refractivity contribution < 1.29 is 9.69 Å². The Labute approximate surface area is 160 Å². The summed E-state index contributed by atoms with van der Waals surface area (Å²) >= 11 is 1.52. The number of fused-ring (bicyclic) bond motifs is 1. The summed E-state index contributed by atoms with van der Waals surface area (Å²) in [6, 6.07) is 13.2. The van der Waals surface area contributed by atoms with E-state index in [1.807, 2.05) is 6.07 Å². The molecule has 0 radical (unpaired) electrons. The molecule has 0 saturated carbocycles. The maximum atomic E-state index is 12.4. The Bertz CT molecular complexity index is 1030. The third-order valence-electron chi connectivity index (χ3n) is 4.61. The average molecular weight is 382 g/mol. The number of anilines is 1. The number of aryl methyl sites for hydroxylation is 1. The van der Waals surface area contributed by atoms with Crippen LogP contribution >= 0.6 is 11.3 Å². The molecular formula is C19H20N5O2S+. The minimum Gasteiger partial charge on any atom is -0.326 e. The zero-order valence-electron chi connectivity index (χ0n) is 14.9. The fourth-order valence-corrected chi connectivity index (χ4v) is 4.28. The lowest BCUT2D eigenvalue weighted by atomic mass is 10.1. The summed E-state index contributed by atoms with van der Waals surface area (Å²) in [6.45, 7) is 2.93. The monoisotopic (exact) mass is 382 g/mol. The van der Waals surface area contributed by atoms with Gasteiger partial charge in [-0.2, -0.15) is 5.10 Å². The van der Waals surface area contributed by atoms with E-state index in [0.29, 0.717) is 5.13 Å². The number of quaternary nitrogens is 1. The highest BCUT2D eigenvalue weighted by Gasteiger charge is 2.24. The van der Waals surface area contributed by atoms with Gasteiger partial charge in [-0.25, -0.2) is 9.67 Å². The van der Waals surface area contributed by atoms with E-state index in [4.69, 9.17) is 0 Å². The summed E-state index contributed by atoms with van der Waals surface area (Å²) in [5.74, 6) is -0.356. The van der Waals surface area contributed by atoms with Crippen molar-refractivity contribution in [1.82, 2.24) is 14.8 Å². The zero-order valence-corrected chi connectivity index (χ0v) is 15.8. The molecule has 0 spiro atoms. The van der Waals surface area contributed by atoms with Gasteiger partial charge in [-0.05, 0) is 6.07 Å². The smallest absolute Gasteiger partial charge is 0.277 e. The van der Waals surface area contributed by atoms with Crippen molar-refractivity contribution in [3.05, 3.63) is 74.6 Å². The molecule has 2 aromatic heterocycles. The van der Waals surface area contributed by atoms with Gasteiger partial charge < -0.3 is 4.90 Å². The number of hydrogen-bond acceptors (Lipinski definition) is 5. The molecule has 4 rings (SSSR count). The summed E-state index contributed by atoms with van der Waals surface area (Å²) in [5, 5.41) is 7.37. The van der Waals surface area contributed by atoms with E-state index >= 15 is 0 Å². The Hall–Kier alpha value is -2.84. The lowest BCUT2D eigenvalue weighted by molar-refractivity contribution is -0.929. The quantitative estimate of drug-likeness (QED) is 0.694. The second-order valence-electron chi connectivity index (χ2n) is 6.61. The highest BCUT2D eigenvalue weighted by Crippen LogP contribution is 2.24. The number of carbonyl (C=O) groups is 1. The van der Waals surface area contributed by atoms with E-state index in [1.54, 1.807) is 0 Å². The van der Waals surface area contributed by atoms with E-state index in [1.165, 1.54) is 45.9 Å². The standard InChI is InChI=1S/C19H19N5O2S/c1-23-17(25)8-7-15(22-23)18(26)21-19-20-14-9-10-24(12-16(14)27-19)11-13-5-3-2-4-6-13/h2-8H,9-12H2,1H3,(H,20,21,26)/p+1. The van der Waals surface area contributed by atoms with Gasteiger partial charge in [0.05, 0.1) is 17.1 Å². The minimum absolute atomic E-state index is 0.196. The molecule has 1 aliphatic rings. The SMILES string of the molecule is Cn1nc(C(=O)Nc2nc3c(s2)C[NH+](Cc2ccccc2)CC3)ccc1=O. The average Bonchev–Trinajstić information content (AvgIpc) is 3.06. The van der Waals surface area contributed by atoms with Crippen molar-refractivity contribution >= 4 is 22.4 Å². The number of nitrogens with zero attached hydrogens (tertiary/aromatic N) is 3. The number of amides is 1. The third kappa shape index (κ3) is 3.96. The van der Waals surface area contributed by atoms with Crippen molar-refractivity contribution in [3.8, 4) is 0 Å². The van der Waals surface area contributed by atoms with Crippen LogP contribution in [-0.2, 0) is 26.6 Å². The van der Waals surface area contributed by atoms with Gasteiger partial charge in [0.2, 0.25) is 0 Å². The van der Waals surface area contributed by atoms with Gasteiger partial charge in [0.25, 0.3) is 11.5 Å². The zero-order chi connectivity index (χ0) is 18.8. The van der Waals surface area contributed by atoms with Crippen molar-refractivity contribution in [3.63, 3.8) is 0 Å². The second kappa shape index (κ2) is 7.42. The highest BCUT2D eigenvalue weighted by atomic mass is 32.1. The molecule has 27 heavy (non-hydrogen) atoms. The predicted molar refractivity (Wildman–Crippen MR) is 103 cm³/mol. The van der Waals surface area contributed by atoms with E-state index in [9.17, 15) is 9.59 Å². The Morgan fingerprint density at radius 2 is 2.07 bits per heavy atom. The highest BCUT2D eigenvalue weighted by molar-refractivity contribution is 7.15. The molecule has 2 N–H and O–H groups in total. The van der Waals surface area contributed by atoms with Gasteiger partial charge >= 0.3 is 0 Å². The van der Waals surface area contributed by atoms with Crippen LogP contribution in [0.25, 0.3) is 0 Å². The fraction of sp³-hybridized carbons (Fsp3) is 0.263. The second-order valence-corrected chi connectivity index (χ2v) is 7.70. The molecule has 8 heteroatoms. The van der Waals surface area contributed by atoms with Crippen LogP contribution in [-0.4, -0.2) is 27.2 Å². The van der Waals surface area contributed by atoms with E-state index in [2.05, 4.69) is 39.7 Å². The van der Waals surface area contributed by atoms with Gasteiger partial charge in [0.1, 0.15) is 18.8 Å². The molecule has 0 aliphatic carbocycles. The first kappa shape index (κ1) is 17.6. The van der Waals surface area contributed by atoms with Crippen LogP contribution < -0.4 is 15.8 Å². The molecule has 138 valence electrons. The Morgan fingerprint density at radius 3 is 2.85 bits per heavy atom. The van der Waals surface area contributed by atoms with Gasteiger partial charge in [0.15, 0.2) is 5.13 Å². The number of benzene rings is 1. The van der Waals surface area contributed by atoms with Gasteiger partial charge in [-0.15, -0.1) is 0 Å². The van der Waals surface area contributed by atoms with Crippen molar-refractivity contribution in [1.29, 1.82) is 0 Å². The molecule has 0 bridgehead atoms. The molecular weight excluding hydrogens is 362 g/mol. The van der Waals surface area contributed by atoms with Crippen LogP contribution in [0.15, 0.2) is 47.3 Å². The maximum Gasteiger partial charge on any atom is 0.277 e. The topological polar surface area (TPSA) is 81.3 Å². The van der Waals surface area contributed by atoms with Crippen LogP contribution in [0.2, 0.25) is 0 Å². The molecule has 1 aliphatic heterocycles. The van der Waals surface area contributed by atoms with E-state index in [0.717, 1.165) is 36.4 Å². The lowest BCUT2D eigenvalue weighted by Crippen LogP contribution is -3.10. The van der Waals surface area contributed by atoms with Gasteiger partial charge in [-0.3, -0.25) is 14.9 Å². The number of nitrogens with one attached hydrogen (secondary N) is 2. The Kier molecular flexibility index (Phi) is 4.83. The van der Waals surface area contributed by atoms with Crippen molar-refractivity contribution in [2.24, 2.45) is 7.05 Å². The van der Waals surface area contributed by atoms with Crippen LogP contribution in [0.5, 0.6) is 0 Å². The number of aromatic nitrogens is 3. The first-order valence-corrected chi connectivity index (χ1v) is 9.62. The number of rotatable bonds is 4. The van der Waals surface area contributed by atoms with Crippen LogP contribution in [0.1, 0.15) is 26.6 Å². The molecule has 1 atom stereocenters. The Balaban J connectivity index is 1.44. The van der Waals surface area contributed by atoms with Crippen LogP contribution in [0.3, 0.4) is 0 Å². The Morgan fingerprint density at radius 1 is 1.26 bits per heavy atom. The molecule has 3 heterocycles. The fourth-order valence-electron chi connectivity index (χ4n) is 3.20. The largest absolute Gasteiger partial charge is 0.326 e. The van der Waals surface area contributed by atoms with Crippen LogP contribution in [0.4, 0.5) is 5.13 Å². The molecule has 1 amide bonds. The van der Waals surface area contributed by atoms with Crippen LogP contribution in [0, 0.1) is 0 Å². The van der Waals surface area contributed by atoms with Crippen molar-refractivity contribution in [2.75, 3.05) is 11.9 Å². The molecule has 0 fully saturated rings. The predicted octanol–water partition coefficient (Wildman–Crippen LogP) is 0.630. The summed E-state index contributed by atoms with van der Waals surface area (Å²) in [7, 11) is 1.52. The summed E-state index contributed by atoms with van der Waals surface area (Å²) in [4.78, 5) is 31.1. The number of thiazole rings is 1. The maximum absolute atomic E-state index is 12.4. The summed E-state index contributed by atoms with van der Waals surface area (Å²) in [5.41, 5.74) is 2.34. The van der Waals surface area contributed by atoms with Crippen molar-refractivity contribution in [2.45, 2.75) is 19.5 Å². The number of hydrogen-bond donors (Lipinski definition) is 2. The van der Waals surface area contributed by atoms with Gasteiger partial charge in [-0.1, -0.05) is 41.7 Å². The summed E-state index contributed by atoms with van der Waals surface area (Å²) < 4.78 is 1.15. The lowest BCUT2D eigenvalue weighted by Gasteiger charge is -2.22. The first-order chi connectivity index (χ1) is 13.1. The summed E-state index contributed by atoms with van der Waals surface area (Å²) in [6.07, 6.45) is 0.905. The normalized spacial score (nSPS) is 16.0. The molecule has 7 nitrogen and oxygen atoms in total. The number of carbonyl (C=O) groups excluding carboxylic acids is 1. The molecule has 1 aromatic carbocycles. The molecule has 1 unspecified atom stereocenters. The molecule has 3 aromatic rings. The van der Waals surface area contributed by atoms with Gasteiger partial charge in [0, 0.05) is 25.1 Å². The van der Waals surface area contributed by atoms with E-state index in [-0.39, 0.29) is 17.2 Å².